The van der Waals surface area contributed by atoms with E-state index in [-0.39, 0.29) is 16.5 Å². The molecule has 1 heterocycles. The molecule has 0 bridgehead atoms. The largest absolute Gasteiger partial charge is 0.362 e. The van der Waals surface area contributed by atoms with Crippen molar-refractivity contribution in [2.45, 2.75) is 25.7 Å². The van der Waals surface area contributed by atoms with Crippen molar-refractivity contribution in [1.29, 1.82) is 0 Å². The molecule has 2 aromatic carbocycles. The SMILES string of the molecule is Cc1cc(C)c(SCC(=O)N2CCN(c3ccccc3[N+](=O)[O-])CC2)c(C)c1. The van der Waals surface area contributed by atoms with Crippen LogP contribution in [0.15, 0.2) is 41.3 Å². The fourth-order valence-electron chi connectivity index (χ4n) is 3.70. The minimum Gasteiger partial charge on any atom is -0.362 e. The van der Waals surface area contributed by atoms with Crippen LogP contribution in [0.25, 0.3) is 0 Å². The maximum Gasteiger partial charge on any atom is 0.292 e. The van der Waals surface area contributed by atoms with Gasteiger partial charge in [0.05, 0.1) is 10.7 Å². The average molecular weight is 400 g/mol. The second-order valence-corrected chi connectivity index (χ2v) is 8.12. The lowest BCUT2D eigenvalue weighted by Crippen LogP contribution is -2.49. The monoisotopic (exact) mass is 399 g/mol. The van der Waals surface area contributed by atoms with Crippen molar-refractivity contribution in [1.82, 2.24) is 4.90 Å². The van der Waals surface area contributed by atoms with Crippen molar-refractivity contribution in [3.05, 3.63) is 63.2 Å². The zero-order valence-corrected chi connectivity index (χ0v) is 17.3. The second-order valence-electron chi connectivity index (χ2n) is 7.13. The third-order valence-corrected chi connectivity index (χ3v) is 6.32. The van der Waals surface area contributed by atoms with Gasteiger partial charge in [0, 0.05) is 37.1 Å². The molecule has 0 aromatic heterocycles. The minimum atomic E-state index is -0.351. The summed E-state index contributed by atoms with van der Waals surface area (Å²) in [6.07, 6.45) is 0. The molecule has 0 saturated carbocycles. The Morgan fingerprint density at radius 2 is 1.68 bits per heavy atom. The first-order chi connectivity index (χ1) is 13.4. The summed E-state index contributed by atoms with van der Waals surface area (Å²) in [4.78, 5) is 28.6. The molecular weight excluding hydrogens is 374 g/mol. The molecule has 28 heavy (non-hydrogen) atoms. The maximum absolute atomic E-state index is 12.7. The number of nitro benzene ring substituents is 1. The standard InChI is InChI=1S/C21H25N3O3S/c1-15-12-16(2)21(17(3)13-15)28-14-20(25)23-10-8-22(9-11-23)18-6-4-5-7-19(18)24(26)27/h4-7,12-13H,8-11,14H2,1-3H3. The lowest BCUT2D eigenvalue weighted by molar-refractivity contribution is -0.384. The van der Waals surface area contributed by atoms with Gasteiger partial charge in [0.1, 0.15) is 5.69 Å². The Hall–Kier alpha value is -2.54. The van der Waals surface area contributed by atoms with Crippen molar-refractivity contribution in [2.75, 3.05) is 36.8 Å². The van der Waals surface area contributed by atoms with Crippen molar-refractivity contribution in [2.24, 2.45) is 0 Å². The number of hydrogen-bond acceptors (Lipinski definition) is 5. The Morgan fingerprint density at radius 3 is 2.29 bits per heavy atom. The first-order valence-corrected chi connectivity index (χ1v) is 10.3. The molecule has 0 aliphatic carbocycles. The molecule has 6 nitrogen and oxygen atoms in total. The van der Waals surface area contributed by atoms with Crippen molar-refractivity contribution >= 4 is 29.0 Å². The van der Waals surface area contributed by atoms with Crippen LogP contribution in [0.3, 0.4) is 0 Å². The number of carbonyl (C=O) groups excluding carboxylic acids is 1. The summed E-state index contributed by atoms with van der Waals surface area (Å²) in [5.74, 6) is 0.530. The molecule has 7 heteroatoms. The highest BCUT2D eigenvalue weighted by atomic mass is 32.2. The number of nitro groups is 1. The molecule has 3 rings (SSSR count). The van der Waals surface area contributed by atoms with Crippen molar-refractivity contribution in [3.63, 3.8) is 0 Å². The fourth-order valence-corrected chi connectivity index (χ4v) is 4.73. The number of para-hydroxylation sites is 2. The molecule has 0 atom stereocenters. The predicted octanol–water partition coefficient (Wildman–Crippen LogP) is 3.96. The number of anilines is 1. The maximum atomic E-state index is 12.7. The van der Waals surface area contributed by atoms with Gasteiger partial charge in [0.15, 0.2) is 0 Å². The minimum absolute atomic E-state index is 0.114. The third kappa shape index (κ3) is 4.47. The highest BCUT2D eigenvalue weighted by molar-refractivity contribution is 8.00. The van der Waals surface area contributed by atoms with Crippen LogP contribution in [0.1, 0.15) is 16.7 Å². The van der Waals surface area contributed by atoms with Gasteiger partial charge in [-0.3, -0.25) is 14.9 Å². The van der Waals surface area contributed by atoms with E-state index in [4.69, 9.17) is 0 Å². The van der Waals surface area contributed by atoms with Crippen LogP contribution in [-0.4, -0.2) is 47.7 Å². The third-order valence-electron chi connectivity index (χ3n) is 5.00. The number of carbonyl (C=O) groups is 1. The molecule has 1 aliphatic rings. The van der Waals surface area contributed by atoms with Crippen molar-refractivity contribution < 1.29 is 9.72 Å². The summed E-state index contributed by atoms with van der Waals surface area (Å²) in [5.41, 5.74) is 4.38. The van der Waals surface area contributed by atoms with Crippen LogP contribution in [0.4, 0.5) is 11.4 Å². The molecule has 1 fully saturated rings. The van der Waals surface area contributed by atoms with Gasteiger partial charge in [-0.25, -0.2) is 0 Å². The normalized spacial score (nSPS) is 14.2. The van der Waals surface area contributed by atoms with Gasteiger partial charge in [0.2, 0.25) is 5.91 Å². The molecule has 0 N–H and O–H groups in total. The number of amides is 1. The molecule has 0 unspecified atom stereocenters. The highest BCUT2D eigenvalue weighted by Gasteiger charge is 2.25. The molecule has 0 radical (unpaired) electrons. The van der Waals surface area contributed by atoms with E-state index in [1.54, 1.807) is 23.9 Å². The van der Waals surface area contributed by atoms with Gasteiger partial charge < -0.3 is 9.80 Å². The zero-order chi connectivity index (χ0) is 20.3. The first kappa shape index (κ1) is 20.2. The van der Waals surface area contributed by atoms with Gasteiger partial charge in [-0.2, -0.15) is 0 Å². The zero-order valence-electron chi connectivity index (χ0n) is 16.5. The summed E-state index contributed by atoms with van der Waals surface area (Å²) >= 11 is 1.59. The molecule has 1 amide bonds. The lowest BCUT2D eigenvalue weighted by Gasteiger charge is -2.35. The van der Waals surface area contributed by atoms with Crippen LogP contribution in [0.5, 0.6) is 0 Å². The highest BCUT2D eigenvalue weighted by Crippen LogP contribution is 2.30. The number of nitrogens with zero attached hydrogens (tertiary/aromatic N) is 3. The van der Waals surface area contributed by atoms with E-state index >= 15 is 0 Å². The van der Waals surface area contributed by atoms with E-state index in [0.29, 0.717) is 37.6 Å². The Bertz CT molecular complexity index is 869. The molecular formula is C21H25N3O3S. The van der Waals surface area contributed by atoms with Gasteiger partial charge >= 0.3 is 0 Å². The summed E-state index contributed by atoms with van der Waals surface area (Å²) < 4.78 is 0. The number of aryl methyl sites for hydroxylation is 3. The molecule has 0 spiro atoms. The second kappa shape index (κ2) is 8.65. The molecule has 148 valence electrons. The van der Waals surface area contributed by atoms with Crippen molar-refractivity contribution in [3.8, 4) is 0 Å². The first-order valence-electron chi connectivity index (χ1n) is 9.33. The fraction of sp³-hybridized carbons (Fsp3) is 0.381. The topological polar surface area (TPSA) is 66.7 Å². The van der Waals surface area contributed by atoms with E-state index in [2.05, 4.69) is 32.9 Å². The summed E-state index contributed by atoms with van der Waals surface area (Å²) in [5, 5.41) is 11.2. The quantitative estimate of drug-likeness (QED) is 0.432. The van der Waals surface area contributed by atoms with Crippen LogP contribution in [0, 0.1) is 30.9 Å². The number of hydrogen-bond donors (Lipinski definition) is 0. The number of benzene rings is 2. The average Bonchev–Trinajstić information content (AvgIpc) is 2.67. The summed E-state index contributed by atoms with van der Waals surface area (Å²) in [7, 11) is 0. The molecule has 1 saturated heterocycles. The Kier molecular flexibility index (Phi) is 6.24. The predicted molar refractivity (Wildman–Crippen MR) is 113 cm³/mol. The number of piperazine rings is 1. The summed E-state index contributed by atoms with van der Waals surface area (Å²) in [6.45, 7) is 8.61. The molecule has 1 aliphatic heterocycles. The van der Waals surface area contributed by atoms with E-state index in [9.17, 15) is 14.9 Å². The van der Waals surface area contributed by atoms with Gasteiger partial charge in [-0.1, -0.05) is 29.8 Å². The Balaban J connectivity index is 1.58. The molecule has 2 aromatic rings. The summed E-state index contributed by atoms with van der Waals surface area (Å²) in [6, 6.07) is 11.1. The van der Waals surface area contributed by atoms with Crippen LogP contribution >= 0.6 is 11.8 Å². The van der Waals surface area contributed by atoms with Gasteiger partial charge in [-0.15, -0.1) is 11.8 Å². The van der Waals surface area contributed by atoms with Crippen LogP contribution < -0.4 is 4.90 Å². The number of rotatable bonds is 5. The lowest BCUT2D eigenvalue weighted by atomic mass is 10.1. The van der Waals surface area contributed by atoms with Gasteiger partial charge in [-0.05, 0) is 38.0 Å². The van der Waals surface area contributed by atoms with Crippen LogP contribution in [-0.2, 0) is 4.79 Å². The van der Waals surface area contributed by atoms with E-state index in [1.165, 1.54) is 27.7 Å². The Morgan fingerprint density at radius 1 is 1.07 bits per heavy atom. The Labute approximate surface area is 169 Å². The van der Waals surface area contributed by atoms with E-state index in [0.717, 1.165) is 0 Å². The number of thioether (sulfide) groups is 1. The van der Waals surface area contributed by atoms with E-state index in [1.807, 2.05) is 15.9 Å². The van der Waals surface area contributed by atoms with Gasteiger partial charge in [0.25, 0.3) is 5.69 Å². The van der Waals surface area contributed by atoms with E-state index < -0.39 is 0 Å². The van der Waals surface area contributed by atoms with Crippen LogP contribution in [0.2, 0.25) is 0 Å². The smallest absolute Gasteiger partial charge is 0.292 e.